The van der Waals surface area contributed by atoms with E-state index in [-0.39, 0.29) is 10.8 Å². The molecule has 1 fully saturated rings. The van der Waals surface area contributed by atoms with E-state index in [9.17, 15) is 26.4 Å². The van der Waals surface area contributed by atoms with Crippen LogP contribution in [0.2, 0.25) is 5.02 Å². The van der Waals surface area contributed by atoms with Gasteiger partial charge in [0.1, 0.15) is 0 Å². The molecule has 3 rings (SSSR count). The van der Waals surface area contributed by atoms with Crippen molar-refractivity contribution in [2.75, 3.05) is 37.2 Å². The van der Waals surface area contributed by atoms with Crippen molar-refractivity contribution < 1.29 is 26.4 Å². The van der Waals surface area contributed by atoms with Gasteiger partial charge in [-0.3, -0.25) is 9.62 Å². The van der Waals surface area contributed by atoms with E-state index in [0.717, 1.165) is 17.0 Å². The van der Waals surface area contributed by atoms with E-state index in [4.69, 9.17) is 11.6 Å². The molecule has 1 N–H and O–H groups in total. The Morgan fingerprint density at radius 1 is 1.20 bits per heavy atom. The summed E-state index contributed by atoms with van der Waals surface area (Å²) in [6.45, 7) is 1.93. The molecule has 1 amide bonds. The number of sulfonamides is 1. The Kier molecular flexibility index (Phi) is 6.29. The molecule has 0 atom stereocenters. The van der Waals surface area contributed by atoms with Crippen LogP contribution in [0.5, 0.6) is 0 Å². The van der Waals surface area contributed by atoms with Gasteiger partial charge in [0, 0.05) is 45.0 Å². The van der Waals surface area contributed by atoms with E-state index >= 15 is 0 Å². The van der Waals surface area contributed by atoms with E-state index in [2.05, 4.69) is 9.82 Å². The Balaban J connectivity index is 1.58. The minimum absolute atomic E-state index is 0.0349. The SMILES string of the molecule is CS(=O)(=O)Nc1ccn(C(=O)N2CCN(Cc3ccc(Cl)c(C(F)(F)F)c3)CC2)n1. The van der Waals surface area contributed by atoms with Crippen LogP contribution in [-0.2, 0) is 22.7 Å². The van der Waals surface area contributed by atoms with Crippen molar-refractivity contribution in [3.05, 3.63) is 46.6 Å². The Morgan fingerprint density at radius 2 is 1.87 bits per heavy atom. The van der Waals surface area contributed by atoms with E-state index in [1.807, 2.05) is 4.90 Å². The zero-order valence-corrected chi connectivity index (χ0v) is 17.4. The highest BCUT2D eigenvalue weighted by molar-refractivity contribution is 7.92. The van der Waals surface area contributed by atoms with Gasteiger partial charge in [0.2, 0.25) is 10.0 Å². The highest BCUT2D eigenvalue weighted by atomic mass is 35.5. The predicted molar refractivity (Wildman–Crippen MR) is 105 cm³/mol. The normalized spacial score (nSPS) is 16.0. The number of halogens is 4. The minimum atomic E-state index is -4.52. The lowest BCUT2D eigenvalue weighted by Gasteiger charge is -2.34. The molecule has 0 unspecified atom stereocenters. The Hall–Kier alpha value is -2.31. The summed E-state index contributed by atoms with van der Waals surface area (Å²) >= 11 is 5.65. The fraction of sp³-hybridized carbons (Fsp3) is 0.412. The molecule has 1 aliphatic rings. The number of alkyl halides is 3. The number of hydrogen-bond acceptors (Lipinski definition) is 5. The monoisotopic (exact) mass is 465 g/mol. The zero-order chi connectivity index (χ0) is 22.1. The van der Waals surface area contributed by atoms with Gasteiger partial charge in [-0.2, -0.15) is 17.9 Å². The summed E-state index contributed by atoms with van der Waals surface area (Å²) in [5, 5.41) is 3.56. The fourth-order valence-electron chi connectivity index (χ4n) is 3.06. The van der Waals surface area contributed by atoms with Crippen LogP contribution in [0.15, 0.2) is 30.5 Å². The summed E-state index contributed by atoms with van der Waals surface area (Å²) in [6.07, 6.45) is -2.19. The van der Waals surface area contributed by atoms with Crippen molar-refractivity contribution >= 4 is 33.5 Å². The lowest BCUT2D eigenvalue weighted by molar-refractivity contribution is -0.137. The molecule has 13 heteroatoms. The first-order valence-corrected chi connectivity index (χ1v) is 11.1. The largest absolute Gasteiger partial charge is 0.417 e. The van der Waals surface area contributed by atoms with Gasteiger partial charge in [0.05, 0.1) is 16.8 Å². The Morgan fingerprint density at radius 3 is 2.47 bits per heavy atom. The van der Waals surface area contributed by atoms with Gasteiger partial charge in [-0.25, -0.2) is 13.2 Å². The van der Waals surface area contributed by atoms with E-state index in [1.54, 1.807) is 6.07 Å². The Labute approximate surface area is 176 Å². The third kappa shape index (κ3) is 5.64. The number of rotatable bonds is 4. The third-order valence-corrected chi connectivity index (χ3v) is 5.37. The molecule has 1 aliphatic heterocycles. The predicted octanol–water partition coefficient (Wildman–Crippen LogP) is 2.71. The number of amides is 1. The van der Waals surface area contributed by atoms with Crippen LogP contribution >= 0.6 is 11.6 Å². The van der Waals surface area contributed by atoms with E-state index in [1.165, 1.54) is 23.2 Å². The van der Waals surface area contributed by atoms with Crippen LogP contribution in [-0.4, -0.2) is 66.5 Å². The molecule has 2 aromatic rings. The molecule has 1 aromatic heterocycles. The van der Waals surface area contributed by atoms with Crippen LogP contribution in [0.25, 0.3) is 0 Å². The van der Waals surface area contributed by atoms with Crippen molar-refractivity contribution in [3.63, 3.8) is 0 Å². The first kappa shape index (κ1) is 22.4. The lowest BCUT2D eigenvalue weighted by Crippen LogP contribution is -2.49. The molecule has 1 aromatic carbocycles. The van der Waals surface area contributed by atoms with Crippen LogP contribution in [0.3, 0.4) is 0 Å². The molecule has 0 aliphatic carbocycles. The van der Waals surface area contributed by atoms with Gasteiger partial charge in [-0.1, -0.05) is 17.7 Å². The average Bonchev–Trinajstić information content (AvgIpc) is 3.09. The standard InChI is InChI=1S/C17H19ClF3N5O3S/c1-30(28,29)23-15-4-5-26(22-15)16(27)25-8-6-24(7-9-25)11-12-2-3-14(18)13(10-12)17(19,20)21/h2-5,10H,6-9,11H2,1H3,(H,22,23). The number of hydrogen-bond donors (Lipinski definition) is 1. The molecular formula is C17H19ClF3N5O3S. The maximum absolute atomic E-state index is 13.0. The van der Waals surface area contributed by atoms with E-state index in [0.29, 0.717) is 38.3 Å². The number of anilines is 1. The average molecular weight is 466 g/mol. The van der Waals surface area contributed by atoms with Gasteiger partial charge in [-0.15, -0.1) is 5.10 Å². The number of carbonyl (C=O) groups is 1. The van der Waals surface area contributed by atoms with Gasteiger partial charge in [0.15, 0.2) is 5.82 Å². The highest BCUT2D eigenvalue weighted by Gasteiger charge is 2.33. The summed E-state index contributed by atoms with van der Waals surface area (Å²) in [4.78, 5) is 16.0. The van der Waals surface area contributed by atoms with Crippen molar-refractivity contribution in [3.8, 4) is 0 Å². The van der Waals surface area contributed by atoms with Crippen LogP contribution in [0.1, 0.15) is 11.1 Å². The number of nitrogens with one attached hydrogen (secondary N) is 1. The number of carbonyl (C=O) groups excluding carboxylic acids is 1. The third-order valence-electron chi connectivity index (χ3n) is 4.46. The first-order valence-electron chi connectivity index (χ1n) is 8.83. The van der Waals surface area contributed by atoms with Crippen LogP contribution < -0.4 is 4.72 Å². The Bertz CT molecular complexity index is 1030. The molecule has 164 valence electrons. The second-order valence-corrected chi connectivity index (χ2v) is 9.03. The second-order valence-electron chi connectivity index (χ2n) is 6.88. The van der Waals surface area contributed by atoms with Crippen molar-refractivity contribution in [2.24, 2.45) is 0 Å². The molecule has 0 bridgehead atoms. The lowest BCUT2D eigenvalue weighted by atomic mass is 10.1. The second kappa shape index (κ2) is 8.44. The molecule has 30 heavy (non-hydrogen) atoms. The molecular weight excluding hydrogens is 447 g/mol. The molecule has 0 saturated carbocycles. The van der Waals surface area contributed by atoms with Crippen molar-refractivity contribution in [2.45, 2.75) is 12.7 Å². The van der Waals surface area contributed by atoms with Crippen molar-refractivity contribution in [1.29, 1.82) is 0 Å². The summed E-state index contributed by atoms with van der Waals surface area (Å²) in [5.41, 5.74) is -0.386. The number of aromatic nitrogens is 2. The summed E-state index contributed by atoms with van der Waals surface area (Å²) in [6, 6.07) is 4.78. The highest BCUT2D eigenvalue weighted by Crippen LogP contribution is 2.35. The molecule has 2 heterocycles. The fourth-order valence-corrected chi connectivity index (χ4v) is 3.78. The topological polar surface area (TPSA) is 87.5 Å². The number of piperazine rings is 1. The van der Waals surface area contributed by atoms with Crippen LogP contribution in [0.4, 0.5) is 23.8 Å². The van der Waals surface area contributed by atoms with Crippen molar-refractivity contribution in [1.82, 2.24) is 19.6 Å². The maximum Gasteiger partial charge on any atom is 0.417 e. The first-order chi connectivity index (χ1) is 13.9. The van der Waals surface area contributed by atoms with E-state index < -0.39 is 27.8 Å². The van der Waals surface area contributed by atoms with Gasteiger partial charge < -0.3 is 4.90 Å². The molecule has 0 radical (unpaired) electrons. The van der Waals surface area contributed by atoms with Gasteiger partial charge in [-0.05, 0) is 17.7 Å². The molecule has 8 nitrogen and oxygen atoms in total. The number of nitrogens with zero attached hydrogens (tertiary/aromatic N) is 4. The van der Waals surface area contributed by atoms with Crippen LogP contribution in [0, 0.1) is 0 Å². The minimum Gasteiger partial charge on any atom is -0.320 e. The maximum atomic E-state index is 13.0. The summed E-state index contributed by atoms with van der Waals surface area (Å²) < 4.78 is 64.7. The summed E-state index contributed by atoms with van der Waals surface area (Å²) in [5.74, 6) is 0.0349. The quantitative estimate of drug-likeness (QED) is 0.750. The molecule has 1 saturated heterocycles. The number of benzene rings is 1. The zero-order valence-electron chi connectivity index (χ0n) is 15.9. The molecule has 0 spiro atoms. The summed E-state index contributed by atoms with van der Waals surface area (Å²) in [7, 11) is -3.50. The smallest absolute Gasteiger partial charge is 0.320 e. The van der Waals surface area contributed by atoms with Gasteiger partial charge in [0.25, 0.3) is 0 Å². The van der Waals surface area contributed by atoms with Gasteiger partial charge >= 0.3 is 12.2 Å².